The van der Waals surface area contributed by atoms with E-state index >= 15 is 0 Å². The highest BCUT2D eigenvalue weighted by Gasteiger charge is 2.28. The van der Waals surface area contributed by atoms with E-state index in [4.69, 9.17) is 9.47 Å². The standard InChI is InChI=1S/C27H31N3O6/c1-4-16(3)24(27(34)28-11-10-17-6-8-18(31)9-7-17)29-26(33)20-14-30(5-2)21-13-23-22(35-15-36-23)12-19(21)25(20)32/h6-9,12-14,16,24,31H,4-5,10-11,15H2,1-3H3,(H,28,34)(H,29,33)/t16-,24+/m1/s1. The lowest BCUT2D eigenvalue weighted by molar-refractivity contribution is -0.124. The first-order valence-electron chi connectivity index (χ1n) is 12.2. The van der Waals surface area contributed by atoms with Crippen LogP contribution in [0.15, 0.2) is 47.4 Å². The number of carbonyl (C=O) groups is 2. The van der Waals surface area contributed by atoms with Crippen LogP contribution in [0.25, 0.3) is 10.9 Å². The second-order valence-electron chi connectivity index (χ2n) is 8.92. The number of hydrogen-bond donors (Lipinski definition) is 3. The van der Waals surface area contributed by atoms with Crippen molar-refractivity contribution in [2.45, 2.75) is 46.2 Å². The highest BCUT2D eigenvalue weighted by Crippen LogP contribution is 2.35. The molecule has 2 heterocycles. The third-order valence-electron chi connectivity index (χ3n) is 6.59. The lowest BCUT2D eigenvalue weighted by Crippen LogP contribution is -2.51. The minimum absolute atomic E-state index is 0.0339. The van der Waals surface area contributed by atoms with Crippen molar-refractivity contribution in [1.29, 1.82) is 0 Å². The zero-order valence-corrected chi connectivity index (χ0v) is 20.7. The van der Waals surface area contributed by atoms with Crippen molar-refractivity contribution in [2.75, 3.05) is 13.3 Å². The summed E-state index contributed by atoms with van der Waals surface area (Å²) in [7, 11) is 0. The molecule has 0 unspecified atom stereocenters. The van der Waals surface area contributed by atoms with Crippen molar-refractivity contribution in [3.8, 4) is 17.2 Å². The fraction of sp³-hybridized carbons (Fsp3) is 0.370. The fourth-order valence-corrected chi connectivity index (χ4v) is 4.23. The van der Waals surface area contributed by atoms with Gasteiger partial charge in [0.15, 0.2) is 11.5 Å². The molecule has 36 heavy (non-hydrogen) atoms. The average molecular weight is 494 g/mol. The van der Waals surface area contributed by atoms with Gasteiger partial charge in [-0.25, -0.2) is 0 Å². The van der Waals surface area contributed by atoms with Gasteiger partial charge in [-0.15, -0.1) is 0 Å². The quantitative estimate of drug-likeness (QED) is 0.422. The number of rotatable bonds is 9. The topological polar surface area (TPSA) is 119 Å². The fourth-order valence-electron chi connectivity index (χ4n) is 4.23. The third-order valence-corrected chi connectivity index (χ3v) is 6.59. The number of nitrogens with one attached hydrogen (secondary N) is 2. The summed E-state index contributed by atoms with van der Waals surface area (Å²) in [5, 5.41) is 15.4. The van der Waals surface area contributed by atoms with Gasteiger partial charge in [-0.2, -0.15) is 0 Å². The van der Waals surface area contributed by atoms with Crippen LogP contribution in [0.2, 0.25) is 0 Å². The van der Waals surface area contributed by atoms with E-state index in [9.17, 15) is 19.5 Å². The predicted octanol–water partition coefficient (Wildman–Crippen LogP) is 2.96. The van der Waals surface area contributed by atoms with E-state index in [1.165, 1.54) is 6.20 Å². The number of nitrogens with zero attached hydrogens (tertiary/aromatic N) is 1. The molecule has 1 aromatic heterocycles. The van der Waals surface area contributed by atoms with Crippen LogP contribution in [0.5, 0.6) is 17.2 Å². The van der Waals surface area contributed by atoms with Gasteiger partial charge < -0.3 is 29.8 Å². The van der Waals surface area contributed by atoms with Crippen LogP contribution < -0.4 is 25.5 Å². The van der Waals surface area contributed by atoms with Crippen LogP contribution in [0.4, 0.5) is 0 Å². The SMILES string of the molecule is CC[C@@H](C)[C@H](NC(=O)c1cn(CC)c2cc3c(cc2c1=O)OCO3)C(=O)NCCc1ccc(O)cc1. The van der Waals surface area contributed by atoms with Crippen molar-refractivity contribution in [3.05, 3.63) is 63.9 Å². The average Bonchev–Trinajstić information content (AvgIpc) is 3.34. The van der Waals surface area contributed by atoms with Crippen molar-refractivity contribution in [3.63, 3.8) is 0 Å². The molecule has 0 saturated heterocycles. The number of phenols is 1. The van der Waals surface area contributed by atoms with Gasteiger partial charge in [0, 0.05) is 25.4 Å². The number of hydrogen-bond acceptors (Lipinski definition) is 6. The number of pyridine rings is 1. The highest BCUT2D eigenvalue weighted by molar-refractivity contribution is 6.00. The Morgan fingerprint density at radius 1 is 1.11 bits per heavy atom. The van der Waals surface area contributed by atoms with E-state index in [2.05, 4.69) is 10.6 Å². The molecule has 190 valence electrons. The van der Waals surface area contributed by atoms with E-state index in [0.717, 1.165) is 5.56 Å². The number of fused-ring (bicyclic) bond motifs is 2. The second-order valence-corrected chi connectivity index (χ2v) is 8.92. The number of aromatic nitrogens is 1. The van der Waals surface area contributed by atoms with Crippen molar-refractivity contribution in [1.82, 2.24) is 15.2 Å². The first-order valence-corrected chi connectivity index (χ1v) is 12.2. The first-order chi connectivity index (χ1) is 17.3. The molecule has 0 spiro atoms. The summed E-state index contributed by atoms with van der Waals surface area (Å²) in [6.07, 6.45) is 2.77. The molecule has 4 rings (SSSR count). The Morgan fingerprint density at radius 2 is 1.81 bits per heavy atom. The zero-order chi connectivity index (χ0) is 25.8. The summed E-state index contributed by atoms with van der Waals surface area (Å²) < 4.78 is 12.7. The van der Waals surface area contributed by atoms with Crippen LogP contribution in [0.3, 0.4) is 0 Å². The number of aryl methyl sites for hydroxylation is 1. The molecule has 9 heteroatoms. The van der Waals surface area contributed by atoms with Gasteiger partial charge in [0.05, 0.1) is 10.9 Å². The van der Waals surface area contributed by atoms with E-state index in [-0.39, 0.29) is 29.9 Å². The molecule has 2 atom stereocenters. The minimum atomic E-state index is -0.802. The molecular formula is C27H31N3O6. The Labute approximate surface area is 209 Å². The van der Waals surface area contributed by atoms with Crippen LogP contribution in [-0.4, -0.2) is 40.9 Å². The van der Waals surface area contributed by atoms with Gasteiger partial charge in [0.25, 0.3) is 5.91 Å². The van der Waals surface area contributed by atoms with Crippen LogP contribution >= 0.6 is 0 Å². The summed E-state index contributed by atoms with van der Waals surface area (Å²) >= 11 is 0. The second kappa shape index (κ2) is 10.7. The molecule has 0 aliphatic carbocycles. The minimum Gasteiger partial charge on any atom is -0.508 e. The number of carbonyl (C=O) groups excluding carboxylic acids is 2. The number of ether oxygens (including phenoxy) is 2. The van der Waals surface area contributed by atoms with Gasteiger partial charge in [-0.1, -0.05) is 32.4 Å². The maximum atomic E-state index is 13.3. The van der Waals surface area contributed by atoms with E-state index in [0.29, 0.717) is 48.3 Å². The van der Waals surface area contributed by atoms with Crippen molar-refractivity contribution >= 4 is 22.7 Å². The molecule has 2 amide bonds. The molecule has 0 radical (unpaired) electrons. The number of aromatic hydroxyl groups is 1. The summed E-state index contributed by atoms with van der Waals surface area (Å²) in [6, 6.07) is 9.32. The van der Waals surface area contributed by atoms with Gasteiger partial charge >= 0.3 is 0 Å². The Bertz CT molecular complexity index is 1330. The molecule has 0 saturated carbocycles. The Balaban J connectivity index is 1.54. The summed E-state index contributed by atoms with van der Waals surface area (Å²) in [5.41, 5.74) is 1.15. The van der Waals surface area contributed by atoms with E-state index in [1.54, 1.807) is 36.4 Å². The first kappa shape index (κ1) is 25.1. The van der Waals surface area contributed by atoms with Crippen LogP contribution in [0.1, 0.15) is 43.1 Å². The van der Waals surface area contributed by atoms with E-state index in [1.807, 2.05) is 25.3 Å². The lowest BCUT2D eigenvalue weighted by atomic mass is 9.97. The predicted molar refractivity (Wildman–Crippen MR) is 136 cm³/mol. The van der Waals surface area contributed by atoms with E-state index < -0.39 is 17.4 Å². The summed E-state index contributed by atoms with van der Waals surface area (Å²) in [6.45, 7) is 6.73. The molecular weight excluding hydrogens is 462 g/mol. The van der Waals surface area contributed by atoms with Gasteiger partial charge in [0.2, 0.25) is 18.1 Å². The Kier molecular flexibility index (Phi) is 7.47. The van der Waals surface area contributed by atoms with Crippen molar-refractivity contribution in [2.24, 2.45) is 5.92 Å². The zero-order valence-electron chi connectivity index (χ0n) is 20.7. The van der Waals surface area contributed by atoms with Gasteiger partial charge in [0.1, 0.15) is 17.4 Å². The number of benzene rings is 2. The van der Waals surface area contributed by atoms with Gasteiger partial charge in [-0.05, 0) is 43.0 Å². The van der Waals surface area contributed by atoms with Crippen LogP contribution in [0, 0.1) is 5.92 Å². The summed E-state index contributed by atoms with van der Waals surface area (Å²) in [4.78, 5) is 39.6. The van der Waals surface area contributed by atoms with Crippen molar-refractivity contribution < 1.29 is 24.2 Å². The molecule has 1 aliphatic rings. The number of amides is 2. The molecule has 1 aliphatic heterocycles. The maximum Gasteiger partial charge on any atom is 0.257 e. The van der Waals surface area contributed by atoms with Gasteiger partial charge in [-0.3, -0.25) is 14.4 Å². The number of phenolic OH excluding ortho intramolecular Hbond substituents is 1. The smallest absolute Gasteiger partial charge is 0.257 e. The molecule has 2 aromatic carbocycles. The summed E-state index contributed by atoms with van der Waals surface area (Å²) in [5.74, 6) is 0.151. The molecule has 0 bridgehead atoms. The normalized spacial score (nSPS) is 13.9. The lowest BCUT2D eigenvalue weighted by Gasteiger charge is -2.24. The van der Waals surface area contributed by atoms with Crippen LogP contribution in [-0.2, 0) is 17.8 Å². The largest absolute Gasteiger partial charge is 0.508 e. The molecule has 3 aromatic rings. The Hall–Kier alpha value is -4.01. The third kappa shape index (κ3) is 5.15. The monoisotopic (exact) mass is 493 g/mol. The maximum absolute atomic E-state index is 13.3. The highest BCUT2D eigenvalue weighted by atomic mass is 16.7. The Morgan fingerprint density at radius 3 is 2.47 bits per heavy atom. The molecule has 3 N–H and O–H groups in total. The molecule has 0 fully saturated rings. The molecule has 9 nitrogen and oxygen atoms in total.